The molecule has 2 bridgehead atoms. The molecular weight excluding hydrogens is 517 g/mol. The van der Waals surface area contributed by atoms with E-state index in [0.29, 0.717) is 17.3 Å². The predicted octanol–water partition coefficient (Wildman–Crippen LogP) is 3.81. The molecule has 1 aliphatic heterocycles. The van der Waals surface area contributed by atoms with Crippen LogP contribution in [0.4, 0.5) is 20.8 Å². The van der Waals surface area contributed by atoms with Crippen molar-refractivity contribution in [1.29, 1.82) is 0 Å². The molecule has 5 heterocycles. The Morgan fingerprint density at radius 3 is 2.92 bits per heavy atom. The number of aryl methyl sites for hydroxylation is 1. The number of amides is 1. The quantitative estimate of drug-likeness (QED) is 0.294. The second-order valence-corrected chi connectivity index (χ2v) is 11.0. The third-order valence-electron chi connectivity index (χ3n) is 8.39. The number of hydrogen-bond acceptors (Lipinski definition) is 8. The molecule has 1 saturated heterocycles. The number of aromatic nitrogens is 7. The fourth-order valence-electron chi connectivity index (χ4n) is 6.20. The SMILES string of the molecule is Cn1ncc2cc(-c3cnn4ccnc(Nc5cc([C@@H]6OC[C@H](OC(=O)NC78CC(C7)C8)[C@@H]6F)[nH]n5)c34)ccc21. The number of fused-ring (bicyclic) bond motifs is 2. The smallest absolute Gasteiger partial charge is 0.408 e. The minimum Gasteiger partial charge on any atom is -0.441 e. The van der Waals surface area contributed by atoms with Crippen LogP contribution in [0.1, 0.15) is 31.1 Å². The molecule has 1 aromatic carbocycles. The van der Waals surface area contributed by atoms with E-state index in [1.165, 1.54) is 0 Å². The Kier molecular flexibility index (Phi) is 4.96. The number of nitrogens with one attached hydrogen (secondary N) is 3. The number of aromatic amines is 1. The van der Waals surface area contributed by atoms with Crippen LogP contribution in [0, 0.1) is 5.92 Å². The van der Waals surface area contributed by atoms with Gasteiger partial charge in [0, 0.05) is 42.0 Å². The van der Waals surface area contributed by atoms with Gasteiger partial charge in [0.25, 0.3) is 0 Å². The maximum Gasteiger partial charge on any atom is 0.408 e. The molecule has 1 amide bonds. The van der Waals surface area contributed by atoms with E-state index in [2.05, 4.69) is 42.1 Å². The molecule has 3 N–H and O–H groups in total. The van der Waals surface area contributed by atoms with E-state index in [1.807, 2.05) is 30.1 Å². The third kappa shape index (κ3) is 3.64. The summed E-state index contributed by atoms with van der Waals surface area (Å²) in [4.78, 5) is 16.8. The van der Waals surface area contributed by atoms with E-state index in [9.17, 15) is 4.79 Å². The van der Waals surface area contributed by atoms with Gasteiger partial charge in [-0.25, -0.2) is 18.7 Å². The van der Waals surface area contributed by atoms with Crippen molar-refractivity contribution in [1.82, 2.24) is 39.9 Å². The van der Waals surface area contributed by atoms with Gasteiger partial charge < -0.3 is 20.1 Å². The van der Waals surface area contributed by atoms with Gasteiger partial charge in [-0.15, -0.1) is 0 Å². The number of halogens is 1. The summed E-state index contributed by atoms with van der Waals surface area (Å²) in [5.74, 6) is 1.69. The van der Waals surface area contributed by atoms with Crippen LogP contribution >= 0.6 is 0 Å². The lowest BCUT2D eigenvalue weighted by molar-refractivity contribution is -0.0528. The second-order valence-electron chi connectivity index (χ2n) is 11.0. The van der Waals surface area contributed by atoms with Crippen molar-refractivity contribution < 1.29 is 18.7 Å². The van der Waals surface area contributed by atoms with Gasteiger partial charge in [0.1, 0.15) is 11.6 Å². The molecule has 3 saturated carbocycles. The first-order chi connectivity index (χ1) is 19.4. The van der Waals surface area contributed by atoms with E-state index >= 15 is 4.39 Å². The average Bonchev–Trinajstić information content (AvgIpc) is 3.69. The minimum absolute atomic E-state index is 0.0298. The van der Waals surface area contributed by atoms with Crippen molar-refractivity contribution in [3.05, 3.63) is 54.7 Å². The Labute approximate surface area is 226 Å². The van der Waals surface area contributed by atoms with Crippen LogP contribution < -0.4 is 10.6 Å². The Hall–Kier alpha value is -4.52. The van der Waals surface area contributed by atoms with E-state index in [1.54, 1.807) is 29.2 Å². The molecule has 13 heteroatoms. The predicted molar refractivity (Wildman–Crippen MR) is 142 cm³/mol. The zero-order valence-corrected chi connectivity index (χ0v) is 21.5. The highest BCUT2D eigenvalue weighted by Gasteiger charge is 2.58. The van der Waals surface area contributed by atoms with Crippen LogP contribution in [-0.2, 0) is 16.5 Å². The molecule has 9 rings (SSSR count). The van der Waals surface area contributed by atoms with Crippen LogP contribution in [-0.4, -0.2) is 65.1 Å². The Morgan fingerprint density at radius 2 is 2.10 bits per heavy atom. The topological polar surface area (TPSA) is 136 Å². The Balaban J connectivity index is 1.00. The fourth-order valence-corrected chi connectivity index (χ4v) is 6.20. The monoisotopic (exact) mass is 543 g/mol. The zero-order chi connectivity index (χ0) is 27.0. The van der Waals surface area contributed by atoms with E-state index < -0.39 is 24.5 Å². The van der Waals surface area contributed by atoms with E-state index in [4.69, 9.17) is 9.47 Å². The zero-order valence-electron chi connectivity index (χ0n) is 21.5. The van der Waals surface area contributed by atoms with Gasteiger partial charge in [-0.2, -0.15) is 15.3 Å². The summed E-state index contributed by atoms with van der Waals surface area (Å²) in [5, 5.41) is 23.1. The molecule has 40 heavy (non-hydrogen) atoms. The number of nitrogens with zero attached hydrogens (tertiary/aromatic N) is 6. The molecule has 4 aromatic heterocycles. The number of alkyl carbamates (subject to hydrolysis) is 1. The minimum atomic E-state index is -1.53. The molecule has 4 fully saturated rings. The first-order valence-electron chi connectivity index (χ1n) is 13.3. The average molecular weight is 544 g/mol. The van der Waals surface area contributed by atoms with Crippen LogP contribution in [0.25, 0.3) is 27.5 Å². The number of ether oxygens (including phenoxy) is 2. The summed E-state index contributed by atoms with van der Waals surface area (Å²) >= 11 is 0. The summed E-state index contributed by atoms with van der Waals surface area (Å²) in [5.41, 5.74) is 3.95. The number of hydrogen-bond donors (Lipinski definition) is 3. The van der Waals surface area contributed by atoms with Crippen molar-refractivity contribution in [3.8, 4) is 11.1 Å². The summed E-state index contributed by atoms with van der Waals surface area (Å²) in [6.07, 6.45) is 5.95. The Bertz CT molecular complexity index is 1760. The van der Waals surface area contributed by atoms with Crippen LogP contribution in [0.15, 0.2) is 49.1 Å². The summed E-state index contributed by atoms with van der Waals surface area (Å²) in [6.45, 7) is -0.0298. The Morgan fingerprint density at radius 1 is 1.23 bits per heavy atom. The van der Waals surface area contributed by atoms with Gasteiger partial charge in [-0.3, -0.25) is 9.78 Å². The molecular formula is C27H26FN9O3. The maximum atomic E-state index is 15.3. The molecule has 3 aliphatic carbocycles. The molecule has 0 radical (unpaired) electrons. The van der Waals surface area contributed by atoms with Gasteiger partial charge in [0.15, 0.2) is 23.9 Å². The first kappa shape index (κ1) is 23.4. The number of rotatable bonds is 6. The van der Waals surface area contributed by atoms with Crippen molar-refractivity contribution in [2.75, 3.05) is 11.9 Å². The maximum absolute atomic E-state index is 15.3. The molecule has 5 aromatic rings. The second kappa shape index (κ2) is 8.49. The summed E-state index contributed by atoms with van der Waals surface area (Å²) < 4.78 is 29.9. The molecule has 3 atom stereocenters. The van der Waals surface area contributed by atoms with Crippen LogP contribution in [0.2, 0.25) is 0 Å². The standard InChI is InChI=1S/C27H26FN9O3/c1-36-19-3-2-15(6-16(19)11-30-36)17-12-31-37-5-4-29-25(23(17)37)32-21-7-18(34-35-21)24-22(28)20(13-39-24)40-26(38)33-27-8-14(9-27)10-27/h2-7,11-12,14,20,22,24H,8-10,13H2,1H3,(H,33,38)(H2,29,32,34,35)/t14?,20-,22-,24-,27?/m0/s1. The normalized spacial score (nSPS) is 26.9. The fraction of sp³-hybridized carbons (Fsp3) is 0.370. The lowest BCUT2D eigenvalue weighted by atomic mass is 9.50. The van der Waals surface area contributed by atoms with Crippen molar-refractivity contribution in [3.63, 3.8) is 0 Å². The number of H-pyrrole nitrogens is 1. The molecule has 204 valence electrons. The highest BCUT2D eigenvalue weighted by molar-refractivity contribution is 5.93. The third-order valence-corrected chi connectivity index (χ3v) is 8.39. The molecule has 0 unspecified atom stereocenters. The summed E-state index contributed by atoms with van der Waals surface area (Å²) in [7, 11) is 1.91. The first-order valence-corrected chi connectivity index (χ1v) is 13.3. The lowest BCUT2D eigenvalue weighted by Gasteiger charge is -2.61. The van der Waals surface area contributed by atoms with E-state index in [-0.39, 0.29) is 12.1 Å². The highest BCUT2D eigenvalue weighted by Crippen LogP contribution is 2.57. The molecule has 0 spiro atoms. The number of carbonyl (C=O) groups is 1. The van der Waals surface area contributed by atoms with Crippen LogP contribution in [0.3, 0.4) is 0 Å². The van der Waals surface area contributed by atoms with Gasteiger partial charge in [-0.05, 0) is 42.9 Å². The van der Waals surface area contributed by atoms with Crippen molar-refractivity contribution >= 4 is 34.1 Å². The van der Waals surface area contributed by atoms with Gasteiger partial charge >= 0.3 is 6.09 Å². The van der Waals surface area contributed by atoms with Crippen molar-refractivity contribution in [2.24, 2.45) is 13.0 Å². The largest absolute Gasteiger partial charge is 0.441 e. The van der Waals surface area contributed by atoms with Gasteiger partial charge in [-0.1, -0.05) is 6.07 Å². The number of carbonyl (C=O) groups excluding carboxylic acids is 1. The van der Waals surface area contributed by atoms with Gasteiger partial charge in [0.05, 0.1) is 30.2 Å². The number of anilines is 2. The number of alkyl halides is 1. The van der Waals surface area contributed by atoms with Gasteiger partial charge in [0.2, 0.25) is 0 Å². The van der Waals surface area contributed by atoms with Crippen LogP contribution in [0.5, 0.6) is 0 Å². The van der Waals surface area contributed by atoms with Crippen molar-refractivity contribution in [2.45, 2.75) is 43.2 Å². The highest BCUT2D eigenvalue weighted by atomic mass is 19.1. The summed E-state index contributed by atoms with van der Waals surface area (Å²) in [6, 6.07) is 7.78. The number of benzene rings is 1. The molecule has 12 nitrogen and oxygen atoms in total. The molecule has 4 aliphatic rings. The van der Waals surface area contributed by atoms with E-state index in [0.717, 1.165) is 52.7 Å². The lowest BCUT2D eigenvalue weighted by Crippen LogP contribution is -2.68.